The first-order chi connectivity index (χ1) is 15.8. The lowest BCUT2D eigenvalue weighted by molar-refractivity contribution is 0.416. The fourth-order valence-electron chi connectivity index (χ4n) is 3.85. The van der Waals surface area contributed by atoms with Gasteiger partial charge in [-0.1, -0.05) is 36.4 Å². The SMILES string of the molecule is COc1cc(-c2nc3ccccc3o2)ccc1-c1ccc(-c2nc3ccccc3o2)cc1. The minimum Gasteiger partial charge on any atom is -0.496 e. The van der Waals surface area contributed by atoms with E-state index in [-0.39, 0.29) is 0 Å². The molecule has 0 aliphatic carbocycles. The summed E-state index contributed by atoms with van der Waals surface area (Å²) in [5.74, 6) is 1.93. The summed E-state index contributed by atoms with van der Waals surface area (Å²) < 4.78 is 17.5. The number of para-hydroxylation sites is 4. The predicted octanol–water partition coefficient (Wildman–Crippen LogP) is 6.98. The van der Waals surface area contributed by atoms with Crippen molar-refractivity contribution in [2.75, 3.05) is 7.11 Å². The Hall–Kier alpha value is -4.38. The highest BCUT2D eigenvalue weighted by molar-refractivity contribution is 5.80. The molecule has 6 aromatic rings. The monoisotopic (exact) mass is 418 g/mol. The Labute approximate surface area is 183 Å². The van der Waals surface area contributed by atoms with Crippen LogP contribution in [0.1, 0.15) is 0 Å². The van der Waals surface area contributed by atoms with Gasteiger partial charge in [0.25, 0.3) is 0 Å². The lowest BCUT2D eigenvalue weighted by Gasteiger charge is -2.10. The maximum Gasteiger partial charge on any atom is 0.227 e. The van der Waals surface area contributed by atoms with E-state index in [0.29, 0.717) is 11.8 Å². The largest absolute Gasteiger partial charge is 0.496 e. The number of hydrogen-bond acceptors (Lipinski definition) is 5. The van der Waals surface area contributed by atoms with E-state index in [1.54, 1.807) is 7.11 Å². The summed E-state index contributed by atoms with van der Waals surface area (Å²) in [6, 6.07) is 29.6. The van der Waals surface area contributed by atoms with Crippen LogP contribution in [0.5, 0.6) is 5.75 Å². The highest BCUT2D eigenvalue weighted by Crippen LogP contribution is 2.36. The van der Waals surface area contributed by atoms with E-state index in [0.717, 1.165) is 50.2 Å². The van der Waals surface area contributed by atoms with Crippen molar-refractivity contribution in [3.05, 3.63) is 91.0 Å². The van der Waals surface area contributed by atoms with E-state index in [1.807, 2.05) is 91.0 Å². The van der Waals surface area contributed by atoms with Crippen LogP contribution in [-0.4, -0.2) is 17.1 Å². The van der Waals surface area contributed by atoms with Gasteiger partial charge in [-0.25, -0.2) is 9.97 Å². The third-order valence-electron chi connectivity index (χ3n) is 5.48. The van der Waals surface area contributed by atoms with Crippen LogP contribution in [0.25, 0.3) is 56.2 Å². The molecular formula is C27H18N2O3. The standard InChI is InChI=1S/C27H18N2O3/c1-30-25-16-19(27-29-22-7-3-5-9-24(22)32-27)14-15-20(25)17-10-12-18(13-11-17)26-28-21-6-2-4-8-23(21)31-26/h2-16H,1H3. The minimum absolute atomic E-state index is 0.572. The van der Waals surface area contributed by atoms with Crippen molar-refractivity contribution in [1.82, 2.24) is 9.97 Å². The Kier molecular flexibility index (Phi) is 4.25. The van der Waals surface area contributed by atoms with Crippen LogP contribution in [0.4, 0.5) is 0 Å². The molecule has 5 heteroatoms. The molecule has 0 saturated carbocycles. The first-order valence-electron chi connectivity index (χ1n) is 10.3. The highest BCUT2D eigenvalue weighted by Gasteiger charge is 2.13. The molecule has 2 heterocycles. The van der Waals surface area contributed by atoms with Crippen molar-refractivity contribution in [2.45, 2.75) is 0 Å². The molecule has 0 atom stereocenters. The predicted molar refractivity (Wildman–Crippen MR) is 124 cm³/mol. The molecule has 0 spiro atoms. The van der Waals surface area contributed by atoms with Crippen LogP contribution in [0.15, 0.2) is 99.8 Å². The zero-order valence-corrected chi connectivity index (χ0v) is 17.3. The van der Waals surface area contributed by atoms with E-state index in [1.165, 1.54) is 0 Å². The lowest BCUT2D eigenvalue weighted by Crippen LogP contribution is -1.90. The van der Waals surface area contributed by atoms with Crippen molar-refractivity contribution in [2.24, 2.45) is 0 Å². The van der Waals surface area contributed by atoms with E-state index in [2.05, 4.69) is 9.97 Å². The number of methoxy groups -OCH3 is 1. The summed E-state index contributed by atoms with van der Waals surface area (Å²) in [6.45, 7) is 0. The molecule has 0 amide bonds. The molecule has 0 radical (unpaired) electrons. The van der Waals surface area contributed by atoms with Gasteiger partial charge in [0.05, 0.1) is 7.11 Å². The number of ether oxygens (including phenoxy) is 1. The molecule has 0 bridgehead atoms. The number of nitrogens with zero attached hydrogens (tertiary/aromatic N) is 2. The van der Waals surface area contributed by atoms with Gasteiger partial charge in [-0.15, -0.1) is 0 Å². The van der Waals surface area contributed by atoms with Crippen LogP contribution in [0, 0.1) is 0 Å². The normalized spacial score (nSPS) is 11.3. The van der Waals surface area contributed by atoms with Crippen LogP contribution < -0.4 is 4.74 Å². The molecule has 0 aliphatic rings. The second-order valence-corrected chi connectivity index (χ2v) is 7.47. The van der Waals surface area contributed by atoms with E-state index >= 15 is 0 Å². The number of oxazole rings is 2. The molecule has 154 valence electrons. The van der Waals surface area contributed by atoms with Gasteiger partial charge in [0.15, 0.2) is 11.2 Å². The lowest BCUT2D eigenvalue weighted by atomic mass is 10.0. The van der Waals surface area contributed by atoms with E-state index in [9.17, 15) is 0 Å². The molecule has 6 rings (SSSR count). The summed E-state index contributed by atoms with van der Waals surface area (Å²) >= 11 is 0. The first kappa shape index (κ1) is 18.4. The van der Waals surface area contributed by atoms with Gasteiger partial charge >= 0.3 is 0 Å². The van der Waals surface area contributed by atoms with Crippen molar-refractivity contribution in [1.29, 1.82) is 0 Å². The van der Waals surface area contributed by atoms with Crippen molar-refractivity contribution >= 4 is 22.2 Å². The van der Waals surface area contributed by atoms with Gasteiger partial charge in [-0.2, -0.15) is 0 Å². The van der Waals surface area contributed by atoms with Crippen molar-refractivity contribution in [3.63, 3.8) is 0 Å². The maximum absolute atomic E-state index is 5.90. The number of rotatable bonds is 4. The van der Waals surface area contributed by atoms with Crippen LogP contribution >= 0.6 is 0 Å². The molecular weight excluding hydrogens is 400 g/mol. The first-order valence-corrected chi connectivity index (χ1v) is 10.3. The minimum atomic E-state index is 0.572. The molecule has 32 heavy (non-hydrogen) atoms. The van der Waals surface area contributed by atoms with Crippen LogP contribution in [-0.2, 0) is 0 Å². The fraction of sp³-hybridized carbons (Fsp3) is 0.0370. The van der Waals surface area contributed by atoms with Crippen molar-refractivity contribution < 1.29 is 13.6 Å². The molecule has 2 aromatic heterocycles. The summed E-state index contributed by atoms with van der Waals surface area (Å²) in [4.78, 5) is 9.16. The summed E-state index contributed by atoms with van der Waals surface area (Å²) in [6.07, 6.45) is 0. The Bertz CT molecular complexity index is 1500. The van der Waals surface area contributed by atoms with Gasteiger partial charge in [0, 0.05) is 16.7 Å². The third kappa shape index (κ3) is 3.11. The van der Waals surface area contributed by atoms with Crippen LogP contribution in [0.3, 0.4) is 0 Å². The average Bonchev–Trinajstić information content (AvgIpc) is 3.48. The van der Waals surface area contributed by atoms with Gasteiger partial charge < -0.3 is 13.6 Å². The molecule has 5 nitrogen and oxygen atoms in total. The van der Waals surface area contributed by atoms with Crippen LogP contribution in [0.2, 0.25) is 0 Å². The second-order valence-electron chi connectivity index (χ2n) is 7.47. The Morgan fingerprint density at radius 2 is 1.12 bits per heavy atom. The fourth-order valence-corrected chi connectivity index (χ4v) is 3.85. The van der Waals surface area contributed by atoms with Crippen molar-refractivity contribution in [3.8, 4) is 39.8 Å². The maximum atomic E-state index is 5.90. The molecule has 4 aromatic carbocycles. The summed E-state index contributed by atoms with van der Waals surface area (Å²) in [7, 11) is 1.67. The van der Waals surface area contributed by atoms with E-state index in [4.69, 9.17) is 13.6 Å². The average molecular weight is 418 g/mol. The molecule has 0 N–H and O–H groups in total. The second kappa shape index (κ2) is 7.39. The number of benzene rings is 4. The van der Waals surface area contributed by atoms with Gasteiger partial charge in [-0.05, 0) is 60.2 Å². The molecule has 0 fully saturated rings. The zero-order valence-electron chi connectivity index (χ0n) is 17.3. The number of hydrogen-bond donors (Lipinski definition) is 0. The Morgan fingerprint density at radius 3 is 1.72 bits per heavy atom. The Morgan fingerprint density at radius 1 is 0.594 bits per heavy atom. The molecule has 0 saturated heterocycles. The van der Waals surface area contributed by atoms with Gasteiger partial charge in [-0.3, -0.25) is 0 Å². The van der Waals surface area contributed by atoms with E-state index < -0.39 is 0 Å². The quantitative estimate of drug-likeness (QED) is 0.309. The molecule has 0 unspecified atom stereocenters. The topological polar surface area (TPSA) is 61.3 Å². The smallest absolute Gasteiger partial charge is 0.227 e. The third-order valence-corrected chi connectivity index (χ3v) is 5.48. The number of aromatic nitrogens is 2. The number of fused-ring (bicyclic) bond motifs is 2. The zero-order chi connectivity index (χ0) is 21.5. The summed E-state index contributed by atoms with van der Waals surface area (Å²) in [5, 5.41) is 0. The summed E-state index contributed by atoms with van der Waals surface area (Å²) in [5.41, 5.74) is 7.03. The van der Waals surface area contributed by atoms with Gasteiger partial charge in [0.2, 0.25) is 11.8 Å². The van der Waals surface area contributed by atoms with Gasteiger partial charge in [0.1, 0.15) is 16.8 Å². The Balaban J connectivity index is 1.34. The molecule has 0 aliphatic heterocycles. The highest BCUT2D eigenvalue weighted by atomic mass is 16.5.